The molecule has 0 saturated carbocycles. The Morgan fingerprint density at radius 1 is 1.40 bits per heavy atom. The first-order chi connectivity index (χ1) is 7.20. The fourth-order valence-corrected chi connectivity index (χ4v) is 1.51. The van der Waals surface area contributed by atoms with Crippen molar-refractivity contribution >= 4 is 5.70 Å². The normalized spacial score (nSPS) is 10.2. The number of aryl methyl sites for hydroxylation is 1. The second kappa shape index (κ2) is 3.61. The Morgan fingerprint density at radius 3 is 2.73 bits per heavy atom. The van der Waals surface area contributed by atoms with Crippen LogP contribution in [0.25, 0.3) is 5.70 Å². The molecule has 0 amide bonds. The maximum Gasteiger partial charge on any atom is 0.124 e. The first-order valence-corrected chi connectivity index (χ1v) is 4.68. The number of nitrogens with zero attached hydrogens (tertiary/aromatic N) is 2. The molecule has 2 rings (SSSR count). The molecule has 1 aromatic heterocycles. The average molecular weight is 200 g/mol. The lowest BCUT2D eigenvalue weighted by Gasteiger charge is -2.10. The molecule has 0 aliphatic heterocycles. The summed E-state index contributed by atoms with van der Waals surface area (Å²) >= 11 is 0. The Morgan fingerprint density at radius 2 is 2.13 bits per heavy atom. The van der Waals surface area contributed by atoms with Crippen molar-refractivity contribution in [1.82, 2.24) is 9.55 Å². The van der Waals surface area contributed by atoms with Crippen LogP contribution in [0, 0.1) is 6.92 Å². The van der Waals surface area contributed by atoms with Crippen molar-refractivity contribution in [2.75, 3.05) is 0 Å². The third-order valence-corrected chi connectivity index (χ3v) is 2.33. The van der Waals surface area contributed by atoms with Gasteiger partial charge in [-0.2, -0.15) is 0 Å². The van der Waals surface area contributed by atoms with E-state index in [1.807, 2.05) is 29.8 Å². The second-order valence-corrected chi connectivity index (χ2v) is 3.31. The van der Waals surface area contributed by atoms with Gasteiger partial charge in [-0.05, 0) is 19.1 Å². The number of hydrogen-bond acceptors (Lipinski definition) is 2. The molecule has 1 heterocycles. The first-order valence-electron chi connectivity index (χ1n) is 4.68. The highest BCUT2D eigenvalue weighted by molar-refractivity contribution is 5.68. The van der Waals surface area contributed by atoms with Crippen LogP contribution in [0.1, 0.15) is 11.4 Å². The molecule has 1 N–H and O–H groups in total. The molecule has 3 heteroatoms. The zero-order valence-electron chi connectivity index (χ0n) is 8.51. The van der Waals surface area contributed by atoms with Gasteiger partial charge in [0, 0.05) is 18.0 Å². The van der Waals surface area contributed by atoms with Gasteiger partial charge in [0.2, 0.25) is 0 Å². The van der Waals surface area contributed by atoms with Crippen molar-refractivity contribution in [3.05, 3.63) is 54.6 Å². The quantitative estimate of drug-likeness (QED) is 0.808. The molecule has 2 aromatic rings. The van der Waals surface area contributed by atoms with Gasteiger partial charge < -0.3 is 9.67 Å². The average Bonchev–Trinajstić information content (AvgIpc) is 2.64. The highest BCUT2D eigenvalue weighted by atomic mass is 16.3. The van der Waals surface area contributed by atoms with E-state index in [-0.39, 0.29) is 5.75 Å². The number of aromatic nitrogens is 2. The van der Waals surface area contributed by atoms with E-state index >= 15 is 0 Å². The monoisotopic (exact) mass is 200 g/mol. The fraction of sp³-hybridized carbons (Fsp3) is 0.0833. The van der Waals surface area contributed by atoms with Crippen molar-refractivity contribution in [3.63, 3.8) is 0 Å². The minimum Gasteiger partial charge on any atom is -0.507 e. The molecule has 15 heavy (non-hydrogen) atoms. The summed E-state index contributed by atoms with van der Waals surface area (Å²) in [5.41, 5.74) is 1.45. The summed E-state index contributed by atoms with van der Waals surface area (Å²) in [6, 6.07) is 7.13. The smallest absolute Gasteiger partial charge is 0.124 e. The summed E-state index contributed by atoms with van der Waals surface area (Å²) < 4.78 is 1.84. The number of hydrogen-bond donors (Lipinski definition) is 1. The maximum atomic E-state index is 9.68. The third-order valence-electron chi connectivity index (χ3n) is 2.33. The molecule has 0 radical (unpaired) electrons. The molecule has 3 nitrogen and oxygen atoms in total. The molecular weight excluding hydrogens is 188 g/mol. The molecule has 0 aliphatic rings. The van der Waals surface area contributed by atoms with Crippen molar-refractivity contribution in [2.45, 2.75) is 6.92 Å². The number of benzene rings is 1. The Bertz CT molecular complexity index is 500. The largest absolute Gasteiger partial charge is 0.507 e. The number of aromatic hydroxyl groups is 1. The van der Waals surface area contributed by atoms with Crippen LogP contribution in [0.2, 0.25) is 0 Å². The minimum atomic E-state index is 0.232. The van der Waals surface area contributed by atoms with Gasteiger partial charge >= 0.3 is 0 Å². The van der Waals surface area contributed by atoms with E-state index in [0.29, 0.717) is 0 Å². The lowest BCUT2D eigenvalue weighted by atomic mass is 10.1. The summed E-state index contributed by atoms with van der Waals surface area (Å²) in [4.78, 5) is 4.11. The predicted octanol–water partition coefficient (Wildman–Crippen LogP) is 2.42. The van der Waals surface area contributed by atoms with Gasteiger partial charge in [0.15, 0.2) is 0 Å². The van der Waals surface area contributed by atoms with Crippen LogP contribution in [0.4, 0.5) is 0 Å². The Balaban J connectivity index is 2.46. The molecule has 0 bridgehead atoms. The second-order valence-electron chi connectivity index (χ2n) is 3.31. The zero-order chi connectivity index (χ0) is 10.8. The number of rotatable bonds is 2. The zero-order valence-corrected chi connectivity index (χ0v) is 8.51. The number of imidazole rings is 1. The van der Waals surface area contributed by atoms with Crippen molar-refractivity contribution in [1.29, 1.82) is 0 Å². The highest BCUT2D eigenvalue weighted by Crippen LogP contribution is 2.24. The Kier molecular flexibility index (Phi) is 2.29. The standard InChI is InChI=1S/C12H12N2O/c1-9(14-8-7-13-10(14)2)11-5-3-4-6-12(11)15/h3-8,15H,1H2,2H3. The maximum absolute atomic E-state index is 9.68. The Labute approximate surface area is 88.3 Å². The summed E-state index contributed by atoms with van der Waals surface area (Å²) in [5, 5.41) is 9.68. The van der Waals surface area contributed by atoms with Gasteiger partial charge in [0.1, 0.15) is 11.6 Å². The molecule has 0 unspecified atom stereocenters. The Hall–Kier alpha value is -2.03. The molecule has 0 aliphatic carbocycles. The molecule has 0 saturated heterocycles. The summed E-state index contributed by atoms with van der Waals surface area (Å²) in [6.07, 6.45) is 3.53. The van der Waals surface area contributed by atoms with E-state index < -0.39 is 0 Å². The van der Waals surface area contributed by atoms with Crippen LogP contribution in [0.15, 0.2) is 43.2 Å². The lowest BCUT2D eigenvalue weighted by Crippen LogP contribution is -1.98. The minimum absolute atomic E-state index is 0.232. The van der Waals surface area contributed by atoms with Crippen LogP contribution in [0.3, 0.4) is 0 Å². The van der Waals surface area contributed by atoms with Gasteiger partial charge in [-0.25, -0.2) is 4.98 Å². The topological polar surface area (TPSA) is 38.0 Å². The van der Waals surface area contributed by atoms with E-state index in [1.54, 1.807) is 18.3 Å². The third kappa shape index (κ3) is 1.64. The van der Waals surface area contributed by atoms with Gasteiger partial charge in [0.05, 0.1) is 5.70 Å². The fourth-order valence-electron chi connectivity index (χ4n) is 1.51. The van der Waals surface area contributed by atoms with Crippen LogP contribution >= 0.6 is 0 Å². The summed E-state index contributed by atoms with van der Waals surface area (Å²) in [7, 11) is 0. The van der Waals surface area contributed by atoms with E-state index in [9.17, 15) is 5.11 Å². The molecular formula is C12H12N2O. The van der Waals surface area contributed by atoms with Crippen LogP contribution in [0.5, 0.6) is 5.75 Å². The summed E-state index contributed by atoms with van der Waals surface area (Å²) in [6.45, 7) is 5.85. The van der Waals surface area contributed by atoms with Crippen molar-refractivity contribution < 1.29 is 5.11 Å². The van der Waals surface area contributed by atoms with Crippen molar-refractivity contribution in [2.24, 2.45) is 0 Å². The molecule has 1 aromatic carbocycles. The highest BCUT2D eigenvalue weighted by Gasteiger charge is 2.07. The van der Waals surface area contributed by atoms with Gasteiger partial charge in [-0.15, -0.1) is 0 Å². The predicted molar refractivity (Wildman–Crippen MR) is 59.5 cm³/mol. The lowest BCUT2D eigenvalue weighted by molar-refractivity contribution is 0.473. The SMILES string of the molecule is C=C(c1ccccc1O)n1ccnc1C. The molecule has 0 spiro atoms. The number of para-hydroxylation sites is 1. The van der Waals surface area contributed by atoms with Gasteiger partial charge in [-0.3, -0.25) is 0 Å². The first kappa shape index (κ1) is 9.52. The van der Waals surface area contributed by atoms with Crippen LogP contribution < -0.4 is 0 Å². The van der Waals surface area contributed by atoms with Gasteiger partial charge in [0.25, 0.3) is 0 Å². The molecule has 76 valence electrons. The van der Waals surface area contributed by atoms with Crippen LogP contribution in [-0.4, -0.2) is 14.7 Å². The van der Waals surface area contributed by atoms with E-state index in [0.717, 1.165) is 17.1 Å². The van der Waals surface area contributed by atoms with Crippen LogP contribution in [-0.2, 0) is 0 Å². The molecule has 0 atom stereocenters. The van der Waals surface area contributed by atoms with Gasteiger partial charge in [-0.1, -0.05) is 18.7 Å². The van der Waals surface area contributed by atoms with E-state index in [2.05, 4.69) is 11.6 Å². The molecule has 0 fully saturated rings. The summed E-state index contributed by atoms with van der Waals surface area (Å²) in [5.74, 6) is 1.08. The van der Waals surface area contributed by atoms with Crippen molar-refractivity contribution in [3.8, 4) is 5.75 Å². The van der Waals surface area contributed by atoms with E-state index in [4.69, 9.17) is 0 Å². The number of phenolic OH excluding ortho intramolecular Hbond substituents is 1. The van der Waals surface area contributed by atoms with E-state index in [1.165, 1.54) is 0 Å². The number of phenols is 1.